The Labute approximate surface area is 121 Å². The van der Waals surface area contributed by atoms with Crippen molar-refractivity contribution in [3.05, 3.63) is 61.2 Å². The molecule has 0 radical (unpaired) electrons. The van der Waals surface area contributed by atoms with Crippen molar-refractivity contribution in [2.45, 2.75) is 25.9 Å². The lowest BCUT2D eigenvalue weighted by molar-refractivity contribution is -0.121. The van der Waals surface area contributed by atoms with Gasteiger partial charge in [-0.2, -0.15) is 0 Å². The molecule has 1 aromatic carbocycles. The Hall–Kier alpha value is -1.67. The summed E-state index contributed by atoms with van der Waals surface area (Å²) in [5.74, 6) is 0.402. The molecule has 0 aromatic heterocycles. The summed E-state index contributed by atoms with van der Waals surface area (Å²) >= 11 is 0. The molecule has 1 fully saturated rings. The molecule has 0 amide bonds. The van der Waals surface area contributed by atoms with Crippen LogP contribution in [0.5, 0.6) is 0 Å². The molecule has 106 valence electrons. The van der Waals surface area contributed by atoms with Gasteiger partial charge in [0.1, 0.15) is 5.78 Å². The van der Waals surface area contributed by atoms with E-state index in [1.54, 1.807) is 0 Å². The van der Waals surface area contributed by atoms with Crippen molar-refractivity contribution >= 4 is 5.78 Å². The van der Waals surface area contributed by atoms with Gasteiger partial charge in [0, 0.05) is 17.8 Å². The lowest BCUT2D eigenvalue weighted by Gasteiger charge is -2.24. The van der Waals surface area contributed by atoms with E-state index in [0.717, 1.165) is 18.4 Å². The van der Waals surface area contributed by atoms with Crippen molar-refractivity contribution in [3.8, 4) is 0 Å². The highest BCUT2D eigenvalue weighted by atomic mass is 16.5. The topological polar surface area (TPSA) is 26.3 Å². The zero-order valence-corrected chi connectivity index (χ0v) is 11.9. The summed E-state index contributed by atoms with van der Waals surface area (Å²) < 4.78 is 5.82. The smallest absolute Gasteiger partial charge is 0.137 e. The molecule has 2 heteroatoms. The maximum atomic E-state index is 12.0. The average molecular weight is 270 g/mol. The van der Waals surface area contributed by atoms with Crippen LogP contribution < -0.4 is 0 Å². The van der Waals surface area contributed by atoms with Crippen LogP contribution in [-0.2, 0) is 16.1 Å². The third-order valence-electron chi connectivity index (χ3n) is 4.02. The average Bonchev–Trinajstić information content (AvgIpc) is 2.78. The van der Waals surface area contributed by atoms with Gasteiger partial charge in [-0.15, -0.1) is 13.2 Å². The molecule has 0 spiro atoms. The van der Waals surface area contributed by atoms with Gasteiger partial charge >= 0.3 is 0 Å². The van der Waals surface area contributed by atoms with Gasteiger partial charge in [-0.3, -0.25) is 4.79 Å². The van der Waals surface area contributed by atoms with Crippen molar-refractivity contribution < 1.29 is 9.53 Å². The number of carbonyl (C=O) groups excluding carboxylic acids is 1. The Morgan fingerprint density at radius 2 is 2.05 bits per heavy atom. The minimum absolute atomic E-state index is 0.0887. The van der Waals surface area contributed by atoms with E-state index >= 15 is 0 Å². The van der Waals surface area contributed by atoms with Crippen LogP contribution in [0.15, 0.2) is 55.6 Å². The highest BCUT2D eigenvalue weighted by Crippen LogP contribution is 2.42. The van der Waals surface area contributed by atoms with E-state index in [1.165, 1.54) is 0 Å². The Morgan fingerprint density at radius 1 is 1.30 bits per heavy atom. The summed E-state index contributed by atoms with van der Waals surface area (Å²) in [5.41, 5.74) is 0.957. The van der Waals surface area contributed by atoms with Crippen molar-refractivity contribution in [1.29, 1.82) is 0 Å². The second-order valence-electron chi connectivity index (χ2n) is 5.61. The number of hydrogen-bond acceptors (Lipinski definition) is 2. The first-order chi connectivity index (χ1) is 9.69. The number of hydrogen-bond donors (Lipinski definition) is 0. The molecule has 1 saturated carbocycles. The molecule has 0 heterocycles. The van der Waals surface area contributed by atoms with E-state index < -0.39 is 0 Å². The molecule has 0 aliphatic heterocycles. The van der Waals surface area contributed by atoms with E-state index in [0.29, 0.717) is 25.4 Å². The number of rotatable bonds is 7. The largest absolute Gasteiger partial charge is 0.376 e. The third kappa shape index (κ3) is 3.45. The molecule has 0 N–H and O–H groups in total. The van der Waals surface area contributed by atoms with Crippen LogP contribution in [0.4, 0.5) is 0 Å². The molecular weight excluding hydrogens is 248 g/mol. The molecule has 0 unspecified atom stereocenters. The fourth-order valence-electron chi connectivity index (χ4n) is 2.85. The fraction of sp³-hybridized carbons (Fsp3) is 0.389. The van der Waals surface area contributed by atoms with E-state index in [2.05, 4.69) is 13.2 Å². The second kappa shape index (κ2) is 6.67. The maximum Gasteiger partial charge on any atom is 0.137 e. The molecule has 1 aromatic rings. The van der Waals surface area contributed by atoms with Crippen molar-refractivity contribution in [3.63, 3.8) is 0 Å². The summed E-state index contributed by atoms with van der Waals surface area (Å²) in [7, 11) is 0. The molecule has 2 nitrogen and oxygen atoms in total. The van der Waals surface area contributed by atoms with Gasteiger partial charge in [-0.1, -0.05) is 42.5 Å². The lowest BCUT2D eigenvalue weighted by Crippen LogP contribution is -2.21. The van der Waals surface area contributed by atoms with Crippen LogP contribution >= 0.6 is 0 Å². The summed E-state index contributed by atoms with van der Waals surface area (Å²) in [5, 5.41) is 0. The van der Waals surface area contributed by atoms with Crippen molar-refractivity contribution in [1.82, 2.24) is 0 Å². The van der Waals surface area contributed by atoms with Crippen molar-refractivity contribution in [2.75, 3.05) is 6.61 Å². The Bertz CT molecular complexity index is 477. The molecule has 20 heavy (non-hydrogen) atoms. The van der Waals surface area contributed by atoms with Crippen LogP contribution in [0.1, 0.15) is 24.8 Å². The standard InChI is InChI=1S/C18H22O2/c1-3-8-16-11-18(4-2,12-17(16)19)14-20-13-15-9-6-5-7-10-15/h3-7,9-10,16H,1-2,8,11-14H2/t16-,18+/m1/s1. The normalized spacial score (nSPS) is 25.6. The van der Waals surface area contributed by atoms with Crippen molar-refractivity contribution in [2.24, 2.45) is 11.3 Å². The van der Waals surface area contributed by atoms with Gasteiger partial charge in [0.2, 0.25) is 0 Å². The summed E-state index contributed by atoms with van der Waals surface area (Å²) in [6.45, 7) is 8.78. The number of Topliss-reactive ketones (excluding diaryl/α,β-unsaturated/α-hetero) is 1. The zero-order chi connectivity index (χ0) is 14.4. The predicted molar refractivity (Wildman–Crippen MR) is 81.3 cm³/mol. The third-order valence-corrected chi connectivity index (χ3v) is 4.02. The van der Waals surface area contributed by atoms with Crippen LogP contribution in [0.2, 0.25) is 0 Å². The predicted octanol–water partition coefficient (Wildman–Crippen LogP) is 3.93. The SMILES string of the molecule is C=CC[C@@H]1C[C@](C=C)(COCc2ccccc2)CC1=O. The fourth-order valence-corrected chi connectivity index (χ4v) is 2.85. The maximum absolute atomic E-state index is 12.0. The van der Waals surface area contributed by atoms with Gasteiger partial charge in [0.05, 0.1) is 13.2 Å². The van der Waals surface area contributed by atoms with Gasteiger partial charge in [0.25, 0.3) is 0 Å². The number of benzene rings is 1. The van der Waals surface area contributed by atoms with Crippen LogP contribution in [0, 0.1) is 11.3 Å². The molecule has 0 saturated heterocycles. The first-order valence-electron chi connectivity index (χ1n) is 7.08. The molecule has 2 atom stereocenters. The number of ether oxygens (including phenoxy) is 1. The minimum Gasteiger partial charge on any atom is -0.376 e. The van der Waals surface area contributed by atoms with E-state index in [-0.39, 0.29) is 11.3 Å². The second-order valence-corrected chi connectivity index (χ2v) is 5.61. The zero-order valence-electron chi connectivity index (χ0n) is 11.9. The Kier molecular flexibility index (Phi) is 4.91. The quantitative estimate of drug-likeness (QED) is 0.702. The highest BCUT2D eigenvalue weighted by molar-refractivity contribution is 5.84. The summed E-state index contributed by atoms with van der Waals surface area (Å²) in [4.78, 5) is 12.0. The lowest BCUT2D eigenvalue weighted by atomic mass is 9.86. The number of ketones is 1. The monoisotopic (exact) mass is 270 g/mol. The van der Waals surface area contributed by atoms with Gasteiger partial charge in [-0.25, -0.2) is 0 Å². The van der Waals surface area contributed by atoms with Crippen LogP contribution in [0.25, 0.3) is 0 Å². The molecule has 1 aliphatic rings. The summed E-state index contributed by atoms with van der Waals surface area (Å²) in [6.07, 6.45) is 5.86. The van der Waals surface area contributed by atoms with Gasteiger partial charge in [0.15, 0.2) is 0 Å². The van der Waals surface area contributed by atoms with Crippen LogP contribution in [0.3, 0.4) is 0 Å². The molecule has 2 rings (SSSR count). The van der Waals surface area contributed by atoms with Gasteiger partial charge < -0.3 is 4.74 Å². The first-order valence-corrected chi connectivity index (χ1v) is 7.08. The molecule has 1 aliphatic carbocycles. The van der Waals surface area contributed by atoms with Gasteiger partial charge in [-0.05, 0) is 18.4 Å². The number of carbonyl (C=O) groups is 1. The van der Waals surface area contributed by atoms with Crippen LogP contribution in [-0.4, -0.2) is 12.4 Å². The highest BCUT2D eigenvalue weighted by Gasteiger charge is 2.42. The summed E-state index contributed by atoms with van der Waals surface area (Å²) in [6, 6.07) is 10.1. The Balaban J connectivity index is 1.91. The van der Waals surface area contributed by atoms with E-state index in [9.17, 15) is 4.79 Å². The van der Waals surface area contributed by atoms with E-state index in [1.807, 2.05) is 42.5 Å². The molecule has 0 bridgehead atoms. The first kappa shape index (κ1) is 14.7. The molecular formula is C18H22O2. The Morgan fingerprint density at radius 3 is 2.70 bits per heavy atom. The number of allylic oxidation sites excluding steroid dienone is 1. The van der Waals surface area contributed by atoms with E-state index in [4.69, 9.17) is 4.74 Å². The minimum atomic E-state index is -0.195.